The van der Waals surface area contributed by atoms with E-state index in [0.717, 1.165) is 17.5 Å². The second kappa shape index (κ2) is 9.02. The van der Waals surface area contributed by atoms with Crippen LogP contribution >= 0.6 is 0 Å². The topological polar surface area (TPSA) is 121 Å². The number of aryl methyl sites for hydroxylation is 1. The second-order valence-electron chi connectivity index (χ2n) is 9.56. The first-order chi connectivity index (χ1) is 16.1. The molecule has 3 aromatic rings. The normalized spacial score (nSPS) is 15.0. The van der Waals surface area contributed by atoms with E-state index < -0.39 is 11.4 Å². The molecule has 0 saturated carbocycles. The van der Waals surface area contributed by atoms with Crippen molar-refractivity contribution in [3.63, 3.8) is 0 Å². The summed E-state index contributed by atoms with van der Waals surface area (Å²) in [4.78, 5) is 24.4. The number of tetrazole rings is 1. The van der Waals surface area contributed by atoms with Crippen molar-refractivity contribution in [2.45, 2.75) is 39.7 Å². The van der Waals surface area contributed by atoms with Crippen LogP contribution in [-0.4, -0.2) is 56.2 Å². The van der Waals surface area contributed by atoms with Gasteiger partial charge in [-0.05, 0) is 40.0 Å². The van der Waals surface area contributed by atoms with Gasteiger partial charge in [-0.3, -0.25) is 4.79 Å². The number of nitrogens with zero attached hydrogens (tertiary/aromatic N) is 5. The summed E-state index contributed by atoms with van der Waals surface area (Å²) in [5, 5.41) is 21.4. The molecule has 0 aliphatic carbocycles. The van der Waals surface area contributed by atoms with Crippen LogP contribution in [-0.2, 0) is 18.2 Å². The maximum absolute atomic E-state index is 12.7. The number of methoxy groups -OCH3 is 1. The average molecular weight is 468 g/mol. The lowest BCUT2D eigenvalue weighted by Crippen LogP contribution is -2.32. The third kappa shape index (κ3) is 4.33. The predicted octanol–water partition coefficient (Wildman–Crippen LogP) is 2.96. The van der Waals surface area contributed by atoms with E-state index in [2.05, 4.69) is 36.3 Å². The molecular formula is C24H29N5O5. The molecule has 34 heavy (non-hydrogen) atoms. The molecule has 1 aliphatic heterocycles. The molecule has 1 aliphatic rings. The van der Waals surface area contributed by atoms with Gasteiger partial charge in [0, 0.05) is 51.1 Å². The molecule has 0 radical (unpaired) electrons. The van der Waals surface area contributed by atoms with Crippen LogP contribution in [0, 0.1) is 5.41 Å². The van der Waals surface area contributed by atoms with Gasteiger partial charge < -0.3 is 19.1 Å². The first-order valence-corrected chi connectivity index (χ1v) is 11.1. The molecule has 1 unspecified atom stereocenters. The van der Waals surface area contributed by atoms with Gasteiger partial charge >= 0.3 is 5.97 Å². The Bertz CT molecular complexity index is 1290. The summed E-state index contributed by atoms with van der Waals surface area (Å²) in [6.07, 6.45) is 2.85. The van der Waals surface area contributed by atoms with E-state index in [-0.39, 0.29) is 17.0 Å². The van der Waals surface area contributed by atoms with Gasteiger partial charge in [-0.25, -0.2) is 9.48 Å². The number of hydrogen-bond donors (Lipinski definition) is 1. The summed E-state index contributed by atoms with van der Waals surface area (Å²) in [5.74, 6) is -0.0543. The number of hydrogen-bond acceptors (Lipinski definition) is 7. The summed E-state index contributed by atoms with van der Waals surface area (Å²) in [5.41, 5.74) is 2.25. The van der Waals surface area contributed by atoms with Crippen LogP contribution in [0.4, 0.5) is 0 Å². The van der Waals surface area contributed by atoms with Crippen molar-refractivity contribution in [1.29, 1.82) is 0 Å². The predicted molar refractivity (Wildman–Crippen MR) is 125 cm³/mol. The first kappa shape index (κ1) is 23.6. The molecule has 0 saturated heterocycles. The van der Waals surface area contributed by atoms with Crippen molar-refractivity contribution in [1.82, 2.24) is 24.8 Å². The fourth-order valence-corrected chi connectivity index (χ4v) is 4.38. The average Bonchev–Trinajstić information content (AvgIpc) is 3.20. The third-order valence-electron chi connectivity index (χ3n) is 6.15. The molecule has 4 rings (SSSR count). The largest absolute Gasteiger partial charge is 0.493 e. The first-order valence-electron chi connectivity index (χ1n) is 11.1. The van der Waals surface area contributed by atoms with E-state index in [9.17, 15) is 14.7 Å². The van der Waals surface area contributed by atoms with Crippen LogP contribution < -0.4 is 10.2 Å². The number of carbonyl (C=O) groups is 1. The van der Waals surface area contributed by atoms with E-state index in [1.54, 1.807) is 18.8 Å². The van der Waals surface area contributed by atoms with Crippen LogP contribution in [0.15, 0.2) is 29.2 Å². The third-order valence-corrected chi connectivity index (χ3v) is 6.15. The Balaban J connectivity index is 1.93. The van der Waals surface area contributed by atoms with Gasteiger partial charge in [0.2, 0.25) is 0 Å². The summed E-state index contributed by atoms with van der Waals surface area (Å²) in [7, 11) is 3.40. The van der Waals surface area contributed by atoms with Gasteiger partial charge in [0.25, 0.3) is 0 Å². The van der Waals surface area contributed by atoms with Crippen LogP contribution in [0.5, 0.6) is 5.75 Å². The number of pyridine rings is 1. The van der Waals surface area contributed by atoms with Crippen molar-refractivity contribution >= 4 is 5.97 Å². The van der Waals surface area contributed by atoms with Gasteiger partial charge in [-0.15, -0.1) is 5.10 Å². The van der Waals surface area contributed by atoms with Crippen molar-refractivity contribution in [3.05, 3.63) is 45.7 Å². The lowest BCUT2D eigenvalue weighted by Gasteiger charge is -2.39. The van der Waals surface area contributed by atoms with E-state index in [4.69, 9.17) is 9.47 Å². The number of carboxylic acids is 1. The van der Waals surface area contributed by atoms with Gasteiger partial charge in [0.1, 0.15) is 11.3 Å². The van der Waals surface area contributed by atoms with E-state index in [1.165, 1.54) is 12.3 Å². The molecule has 1 N–H and O–H groups in total. The van der Waals surface area contributed by atoms with Gasteiger partial charge in [0.05, 0.1) is 17.9 Å². The monoisotopic (exact) mass is 467 g/mol. The quantitative estimate of drug-likeness (QED) is 0.527. The Morgan fingerprint density at radius 2 is 1.97 bits per heavy atom. The van der Waals surface area contributed by atoms with Gasteiger partial charge in [-0.2, -0.15) is 0 Å². The Kier molecular flexibility index (Phi) is 6.26. The smallest absolute Gasteiger partial charge is 0.341 e. The molecule has 2 aromatic heterocycles. The number of carboxylic acid groups (broad SMARTS) is 1. The molecule has 180 valence electrons. The standard InChI is InChI=1S/C24H29N5O5/c1-24(2,3)21-10-14-9-20(34-8-6-7-33-5)16(22-25-26-27-28(22)4)11-15(14)18-12-19(30)17(23(31)32)13-29(18)21/h9,11-13,21H,6-8,10H2,1-5H3,(H,31,32). The molecule has 0 spiro atoms. The zero-order valence-corrected chi connectivity index (χ0v) is 20.0. The molecule has 1 aromatic carbocycles. The highest BCUT2D eigenvalue weighted by atomic mass is 16.5. The second-order valence-corrected chi connectivity index (χ2v) is 9.56. The Morgan fingerprint density at radius 1 is 1.21 bits per heavy atom. The number of benzene rings is 1. The molecule has 1 atom stereocenters. The number of aromatic carboxylic acids is 1. The minimum absolute atomic E-state index is 0.0580. The molecule has 0 bridgehead atoms. The molecule has 0 fully saturated rings. The fourth-order valence-electron chi connectivity index (χ4n) is 4.38. The van der Waals surface area contributed by atoms with E-state index in [0.29, 0.717) is 42.5 Å². The number of ether oxygens (including phenoxy) is 2. The number of fused-ring (bicyclic) bond motifs is 3. The minimum Gasteiger partial charge on any atom is -0.493 e. The minimum atomic E-state index is -1.23. The molecular weight excluding hydrogens is 438 g/mol. The zero-order valence-electron chi connectivity index (χ0n) is 20.0. The van der Waals surface area contributed by atoms with Gasteiger partial charge in [0.15, 0.2) is 11.3 Å². The highest BCUT2D eigenvalue weighted by Crippen LogP contribution is 2.45. The van der Waals surface area contributed by atoms with Crippen LogP contribution in [0.3, 0.4) is 0 Å². The Labute approximate surface area is 197 Å². The van der Waals surface area contributed by atoms with Crippen LogP contribution in [0.25, 0.3) is 22.6 Å². The van der Waals surface area contributed by atoms with Crippen LogP contribution in [0.1, 0.15) is 49.2 Å². The van der Waals surface area contributed by atoms with E-state index >= 15 is 0 Å². The maximum atomic E-state index is 12.7. The summed E-state index contributed by atoms with van der Waals surface area (Å²) in [6, 6.07) is 5.27. The summed E-state index contributed by atoms with van der Waals surface area (Å²) >= 11 is 0. The maximum Gasteiger partial charge on any atom is 0.341 e. The van der Waals surface area contributed by atoms with Gasteiger partial charge in [-0.1, -0.05) is 20.8 Å². The number of rotatable bonds is 7. The summed E-state index contributed by atoms with van der Waals surface area (Å²) < 4.78 is 14.7. The zero-order chi connectivity index (χ0) is 24.6. The highest BCUT2D eigenvalue weighted by Gasteiger charge is 2.34. The lowest BCUT2D eigenvalue weighted by atomic mass is 9.78. The SMILES string of the molecule is COCCCOc1cc2c(cc1-c1nnnn1C)-c1cc(=O)c(C(=O)O)cn1C(C(C)(C)C)C2. The lowest BCUT2D eigenvalue weighted by molar-refractivity contribution is 0.0693. The molecule has 10 nitrogen and oxygen atoms in total. The highest BCUT2D eigenvalue weighted by molar-refractivity contribution is 5.88. The molecule has 3 heterocycles. The Morgan fingerprint density at radius 3 is 2.59 bits per heavy atom. The van der Waals surface area contributed by atoms with Crippen molar-refractivity contribution in [3.8, 4) is 28.4 Å². The Hall–Kier alpha value is -3.53. The number of aromatic nitrogens is 5. The van der Waals surface area contributed by atoms with Crippen LogP contribution in [0.2, 0.25) is 0 Å². The fraction of sp³-hybridized carbons (Fsp3) is 0.458. The van der Waals surface area contributed by atoms with E-state index in [1.807, 2.05) is 16.7 Å². The molecule has 0 amide bonds. The van der Waals surface area contributed by atoms with Crippen molar-refractivity contribution < 1.29 is 19.4 Å². The van der Waals surface area contributed by atoms with Crippen molar-refractivity contribution in [2.75, 3.05) is 20.3 Å². The van der Waals surface area contributed by atoms with Crippen molar-refractivity contribution in [2.24, 2.45) is 12.5 Å². The summed E-state index contributed by atoms with van der Waals surface area (Å²) in [6.45, 7) is 7.36. The molecule has 10 heteroatoms.